The number of likely N-dealkylation sites (tertiary alicyclic amines) is 1. The third-order valence-electron chi connectivity index (χ3n) is 3.08. The second kappa shape index (κ2) is 7.05. The molecule has 2 rings (SSSR count). The number of nitrogens with two attached hydrogens (primary N) is 1. The second-order valence-electron chi connectivity index (χ2n) is 5.26. The Labute approximate surface area is 124 Å². The summed E-state index contributed by atoms with van der Waals surface area (Å²) in [6.45, 7) is 5.52. The molecule has 1 aromatic rings. The zero-order valence-corrected chi connectivity index (χ0v) is 12.5. The maximum Gasteiger partial charge on any atom is 0.323 e. The second-order valence-corrected chi connectivity index (χ2v) is 5.26. The maximum absolute atomic E-state index is 12.0. The van der Waals surface area contributed by atoms with Crippen molar-refractivity contribution in [1.82, 2.24) is 19.9 Å². The van der Waals surface area contributed by atoms with Gasteiger partial charge in [-0.05, 0) is 33.1 Å². The Bertz CT molecular complexity index is 488. The van der Waals surface area contributed by atoms with Crippen LogP contribution in [-0.4, -0.2) is 51.5 Å². The van der Waals surface area contributed by atoms with Crippen molar-refractivity contribution in [2.75, 3.05) is 30.7 Å². The van der Waals surface area contributed by atoms with Crippen molar-refractivity contribution in [3.8, 4) is 6.01 Å². The highest BCUT2D eigenvalue weighted by Crippen LogP contribution is 2.11. The number of carbonyl (C=O) groups excluding carboxylic acids is 1. The Hall–Kier alpha value is -2.12. The highest BCUT2D eigenvalue weighted by atomic mass is 16.5. The molecule has 2 heterocycles. The van der Waals surface area contributed by atoms with Crippen molar-refractivity contribution in [1.29, 1.82) is 0 Å². The van der Waals surface area contributed by atoms with Crippen LogP contribution in [0.2, 0.25) is 0 Å². The van der Waals surface area contributed by atoms with Crippen LogP contribution in [-0.2, 0) is 4.79 Å². The first-order chi connectivity index (χ1) is 10.0. The highest BCUT2D eigenvalue weighted by molar-refractivity contribution is 5.80. The van der Waals surface area contributed by atoms with Crippen LogP contribution >= 0.6 is 0 Å². The van der Waals surface area contributed by atoms with Crippen molar-refractivity contribution in [3.63, 3.8) is 0 Å². The van der Waals surface area contributed by atoms with Crippen molar-refractivity contribution in [2.45, 2.75) is 39.2 Å². The summed E-state index contributed by atoms with van der Waals surface area (Å²) in [5.74, 6) is 0.358. The predicted octanol–water partition coefficient (Wildman–Crippen LogP) is 0.665. The summed E-state index contributed by atoms with van der Waals surface area (Å²) in [4.78, 5) is 25.8. The van der Waals surface area contributed by atoms with Gasteiger partial charge in [-0.2, -0.15) is 15.0 Å². The first-order valence-electron chi connectivity index (χ1n) is 7.24. The van der Waals surface area contributed by atoms with E-state index in [2.05, 4.69) is 20.3 Å². The standard InChI is InChI=1S/C13H22N6O2/c1-9(2)21-13-17-11(14)16-12(18-13)15-8-10(20)19-6-4-3-5-7-19/h9H,3-8H2,1-2H3,(H3,14,15,16,17,18). The zero-order chi connectivity index (χ0) is 15.2. The molecule has 21 heavy (non-hydrogen) atoms. The number of piperidine rings is 1. The molecule has 0 aliphatic carbocycles. The molecule has 3 N–H and O–H groups in total. The first kappa shape index (κ1) is 15.3. The van der Waals surface area contributed by atoms with E-state index in [1.165, 1.54) is 6.42 Å². The molecule has 1 aromatic heterocycles. The first-order valence-corrected chi connectivity index (χ1v) is 7.24. The van der Waals surface area contributed by atoms with Crippen LogP contribution in [0.15, 0.2) is 0 Å². The van der Waals surface area contributed by atoms with Crippen LogP contribution in [0.3, 0.4) is 0 Å². The summed E-state index contributed by atoms with van der Waals surface area (Å²) in [6, 6.07) is 0.158. The molecule has 0 unspecified atom stereocenters. The summed E-state index contributed by atoms with van der Waals surface area (Å²) in [6.07, 6.45) is 3.26. The van der Waals surface area contributed by atoms with Crippen LogP contribution in [0, 0.1) is 0 Å². The molecular formula is C13H22N6O2. The lowest BCUT2D eigenvalue weighted by Gasteiger charge is -2.26. The van der Waals surface area contributed by atoms with Gasteiger partial charge in [0.05, 0.1) is 12.6 Å². The van der Waals surface area contributed by atoms with Crippen molar-refractivity contribution < 1.29 is 9.53 Å². The summed E-state index contributed by atoms with van der Waals surface area (Å²) >= 11 is 0. The molecule has 1 fully saturated rings. The lowest BCUT2D eigenvalue weighted by atomic mass is 10.1. The van der Waals surface area contributed by atoms with Crippen LogP contribution < -0.4 is 15.8 Å². The quantitative estimate of drug-likeness (QED) is 0.821. The van der Waals surface area contributed by atoms with E-state index in [1.807, 2.05) is 18.7 Å². The fourth-order valence-electron chi connectivity index (χ4n) is 2.12. The summed E-state index contributed by atoms with van der Waals surface area (Å²) in [5, 5.41) is 2.88. The van der Waals surface area contributed by atoms with E-state index in [-0.39, 0.29) is 36.5 Å². The van der Waals surface area contributed by atoms with E-state index in [9.17, 15) is 4.79 Å². The van der Waals surface area contributed by atoms with Crippen LogP contribution in [0.25, 0.3) is 0 Å². The molecule has 1 amide bonds. The molecular weight excluding hydrogens is 272 g/mol. The molecule has 8 nitrogen and oxygen atoms in total. The minimum absolute atomic E-state index is 0.0417. The minimum atomic E-state index is -0.0605. The fraction of sp³-hybridized carbons (Fsp3) is 0.692. The third kappa shape index (κ3) is 4.73. The number of rotatable bonds is 5. The monoisotopic (exact) mass is 294 g/mol. The Balaban J connectivity index is 1.92. The van der Waals surface area contributed by atoms with E-state index in [0.717, 1.165) is 25.9 Å². The number of nitrogens with one attached hydrogen (secondary N) is 1. The summed E-state index contributed by atoms with van der Waals surface area (Å²) in [5.41, 5.74) is 5.61. The third-order valence-corrected chi connectivity index (χ3v) is 3.08. The molecule has 8 heteroatoms. The number of anilines is 2. The van der Waals surface area contributed by atoms with Crippen molar-refractivity contribution >= 4 is 17.8 Å². The van der Waals surface area contributed by atoms with Crippen LogP contribution in [0.4, 0.5) is 11.9 Å². The molecule has 0 spiro atoms. The van der Waals surface area contributed by atoms with Gasteiger partial charge in [-0.1, -0.05) is 0 Å². The Morgan fingerprint density at radius 2 is 2.00 bits per heavy atom. The smallest absolute Gasteiger partial charge is 0.323 e. The van der Waals surface area contributed by atoms with E-state index in [0.29, 0.717) is 0 Å². The number of nitrogen functional groups attached to an aromatic ring is 1. The molecule has 1 aliphatic rings. The Kier molecular flexibility index (Phi) is 5.13. The fourth-order valence-corrected chi connectivity index (χ4v) is 2.12. The van der Waals surface area contributed by atoms with Gasteiger partial charge >= 0.3 is 6.01 Å². The van der Waals surface area contributed by atoms with E-state index >= 15 is 0 Å². The lowest BCUT2D eigenvalue weighted by molar-refractivity contribution is -0.130. The summed E-state index contributed by atoms with van der Waals surface area (Å²) in [7, 11) is 0. The largest absolute Gasteiger partial charge is 0.461 e. The van der Waals surface area contributed by atoms with Gasteiger partial charge in [-0.3, -0.25) is 4.79 Å². The topological polar surface area (TPSA) is 106 Å². The Morgan fingerprint density at radius 1 is 1.29 bits per heavy atom. The van der Waals surface area contributed by atoms with Gasteiger partial charge in [-0.25, -0.2) is 0 Å². The SMILES string of the molecule is CC(C)Oc1nc(N)nc(NCC(=O)N2CCCCC2)n1. The lowest BCUT2D eigenvalue weighted by Crippen LogP contribution is -2.39. The highest BCUT2D eigenvalue weighted by Gasteiger charge is 2.16. The zero-order valence-electron chi connectivity index (χ0n) is 12.5. The molecule has 1 saturated heterocycles. The number of hydrogen-bond acceptors (Lipinski definition) is 7. The molecule has 1 aliphatic heterocycles. The normalized spacial score (nSPS) is 15.1. The minimum Gasteiger partial charge on any atom is -0.461 e. The average molecular weight is 294 g/mol. The van der Waals surface area contributed by atoms with E-state index < -0.39 is 0 Å². The van der Waals surface area contributed by atoms with Crippen LogP contribution in [0.5, 0.6) is 6.01 Å². The molecule has 0 radical (unpaired) electrons. The Morgan fingerprint density at radius 3 is 2.67 bits per heavy atom. The van der Waals surface area contributed by atoms with Crippen molar-refractivity contribution in [3.05, 3.63) is 0 Å². The van der Waals surface area contributed by atoms with Gasteiger partial charge in [0, 0.05) is 13.1 Å². The number of carbonyl (C=O) groups is 1. The summed E-state index contributed by atoms with van der Waals surface area (Å²) < 4.78 is 5.38. The number of amides is 1. The van der Waals surface area contributed by atoms with Crippen LogP contribution in [0.1, 0.15) is 33.1 Å². The number of ether oxygens (including phenoxy) is 1. The van der Waals surface area contributed by atoms with Gasteiger partial charge < -0.3 is 20.7 Å². The van der Waals surface area contributed by atoms with Crippen molar-refractivity contribution in [2.24, 2.45) is 0 Å². The average Bonchev–Trinajstić information content (AvgIpc) is 2.44. The number of aromatic nitrogens is 3. The van der Waals surface area contributed by atoms with Gasteiger partial charge in [-0.15, -0.1) is 0 Å². The van der Waals surface area contributed by atoms with Gasteiger partial charge in [0.1, 0.15) is 0 Å². The molecule has 116 valence electrons. The molecule has 0 bridgehead atoms. The predicted molar refractivity (Wildman–Crippen MR) is 78.9 cm³/mol. The van der Waals surface area contributed by atoms with Gasteiger partial charge in [0.2, 0.25) is 17.8 Å². The number of hydrogen-bond donors (Lipinski definition) is 2. The van der Waals surface area contributed by atoms with E-state index in [4.69, 9.17) is 10.5 Å². The van der Waals surface area contributed by atoms with Gasteiger partial charge in [0.15, 0.2) is 0 Å². The maximum atomic E-state index is 12.0. The molecule has 0 aromatic carbocycles. The van der Waals surface area contributed by atoms with Gasteiger partial charge in [0.25, 0.3) is 0 Å². The number of nitrogens with zero attached hydrogens (tertiary/aromatic N) is 4. The van der Waals surface area contributed by atoms with E-state index in [1.54, 1.807) is 0 Å². The molecule has 0 saturated carbocycles. The molecule has 0 atom stereocenters.